The molecule has 1 saturated heterocycles. The molecule has 1 atom stereocenters. The van der Waals surface area contributed by atoms with E-state index in [1.807, 2.05) is 37.3 Å². The van der Waals surface area contributed by atoms with Crippen LogP contribution in [0.15, 0.2) is 89.8 Å². The van der Waals surface area contributed by atoms with Gasteiger partial charge in [0.1, 0.15) is 0 Å². The third kappa shape index (κ3) is 5.78. The third-order valence-electron chi connectivity index (χ3n) is 6.28. The first-order valence-corrected chi connectivity index (χ1v) is 13.1. The zero-order chi connectivity index (χ0) is 24.8. The predicted molar refractivity (Wildman–Crippen MR) is 135 cm³/mol. The molecule has 0 aromatic heterocycles. The second-order valence-corrected chi connectivity index (χ2v) is 10.6. The highest BCUT2D eigenvalue weighted by Crippen LogP contribution is 2.26. The number of rotatable bonds is 7. The van der Waals surface area contributed by atoms with Crippen molar-refractivity contribution in [3.05, 3.63) is 96.1 Å². The number of hydrogen-bond donors (Lipinski definition) is 2. The van der Waals surface area contributed by atoms with E-state index in [9.17, 15) is 18.0 Å². The molecule has 3 aromatic rings. The number of nitrogens with one attached hydrogen (secondary N) is 2. The van der Waals surface area contributed by atoms with Crippen molar-refractivity contribution in [1.29, 1.82) is 0 Å². The normalized spacial score (nSPS) is 15.8. The first-order chi connectivity index (χ1) is 16.9. The van der Waals surface area contributed by atoms with E-state index in [0.29, 0.717) is 24.1 Å². The summed E-state index contributed by atoms with van der Waals surface area (Å²) in [6.45, 7) is 2.45. The number of carbonyl (C=O) groups is 2. The lowest BCUT2D eigenvalue weighted by Gasteiger charge is -2.30. The van der Waals surface area contributed by atoms with Crippen LogP contribution in [-0.2, 0) is 14.8 Å². The van der Waals surface area contributed by atoms with Crippen molar-refractivity contribution >= 4 is 27.5 Å². The van der Waals surface area contributed by atoms with Gasteiger partial charge < -0.3 is 10.6 Å². The van der Waals surface area contributed by atoms with Gasteiger partial charge in [0.2, 0.25) is 15.9 Å². The number of anilines is 1. The maximum Gasteiger partial charge on any atom is 0.253 e. The second-order valence-electron chi connectivity index (χ2n) is 8.63. The van der Waals surface area contributed by atoms with E-state index >= 15 is 0 Å². The quantitative estimate of drug-likeness (QED) is 0.517. The van der Waals surface area contributed by atoms with E-state index in [1.165, 1.54) is 4.31 Å². The van der Waals surface area contributed by atoms with Crippen molar-refractivity contribution in [3.8, 4) is 0 Å². The molecule has 1 fully saturated rings. The van der Waals surface area contributed by atoms with E-state index in [4.69, 9.17) is 0 Å². The first-order valence-electron chi connectivity index (χ1n) is 11.7. The van der Waals surface area contributed by atoms with Gasteiger partial charge in [0.05, 0.1) is 22.2 Å². The van der Waals surface area contributed by atoms with E-state index in [1.54, 1.807) is 54.6 Å². The molecule has 8 heteroatoms. The smallest absolute Gasteiger partial charge is 0.253 e. The number of amides is 2. The highest BCUT2D eigenvalue weighted by atomic mass is 32.2. The number of para-hydroxylation sites is 1. The van der Waals surface area contributed by atoms with Crippen LogP contribution in [0.1, 0.15) is 41.7 Å². The molecule has 1 unspecified atom stereocenters. The molecular formula is C27H29N3O4S. The molecule has 1 aliphatic heterocycles. The Morgan fingerprint density at radius 2 is 1.43 bits per heavy atom. The zero-order valence-electron chi connectivity index (χ0n) is 19.6. The van der Waals surface area contributed by atoms with Crippen LogP contribution >= 0.6 is 0 Å². The van der Waals surface area contributed by atoms with E-state index in [-0.39, 0.29) is 41.8 Å². The Labute approximate surface area is 206 Å². The van der Waals surface area contributed by atoms with Gasteiger partial charge in [-0.2, -0.15) is 4.31 Å². The molecule has 1 heterocycles. The average molecular weight is 492 g/mol. The molecule has 0 saturated carbocycles. The molecule has 2 N–H and O–H groups in total. The van der Waals surface area contributed by atoms with Gasteiger partial charge in [0.25, 0.3) is 5.91 Å². The summed E-state index contributed by atoms with van der Waals surface area (Å²) in [6.07, 6.45) is 0.828. The number of benzene rings is 3. The van der Waals surface area contributed by atoms with Crippen molar-refractivity contribution in [2.75, 3.05) is 18.4 Å². The monoisotopic (exact) mass is 491 g/mol. The Balaban J connectivity index is 1.38. The molecule has 1 aliphatic rings. The molecule has 0 radical (unpaired) electrons. The Bertz CT molecular complexity index is 1270. The van der Waals surface area contributed by atoms with Gasteiger partial charge in [-0.05, 0) is 49.6 Å². The summed E-state index contributed by atoms with van der Waals surface area (Å²) in [5, 5.41) is 5.87. The Kier molecular flexibility index (Phi) is 7.63. The summed E-state index contributed by atoms with van der Waals surface area (Å²) in [4.78, 5) is 26.2. The fourth-order valence-electron chi connectivity index (χ4n) is 4.22. The summed E-state index contributed by atoms with van der Waals surface area (Å²) in [6, 6.07) is 24.7. The van der Waals surface area contributed by atoms with E-state index < -0.39 is 10.0 Å². The summed E-state index contributed by atoms with van der Waals surface area (Å²) in [5.41, 5.74) is 1.81. The minimum Gasteiger partial charge on any atom is -0.345 e. The topological polar surface area (TPSA) is 95.6 Å². The Morgan fingerprint density at radius 3 is 2.09 bits per heavy atom. The predicted octanol–water partition coefficient (Wildman–Crippen LogP) is 4.22. The van der Waals surface area contributed by atoms with Gasteiger partial charge in [-0.1, -0.05) is 60.7 Å². The fraction of sp³-hybridized carbons (Fsp3) is 0.259. The van der Waals surface area contributed by atoms with Gasteiger partial charge in [0, 0.05) is 19.0 Å². The van der Waals surface area contributed by atoms with Gasteiger partial charge in [0.15, 0.2) is 0 Å². The maximum atomic E-state index is 13.0. The number of hydrogen-bond acceptors (Lipinski definition) is 4. The minimum atomic E-state index is -3.57. The SMILES string of the molecule is CC(NC(=O)c1ccccc1NC(=O)C1CCN(S(=O)(=O)c2ccccc2)CC1)c1ccccc1. The molecule has 0 bridgehead atoms. The van der Waals surface area contributed by atoms with Crippen molar-refractivity contribution in [2.24, 2.45) is 5.92 Å². The van der Waals surface area contributed by atoms with Crippen molar-refractivity contribution in [3.63, 3.8) is 0 Å². The van der Waals surface area contributed by atoms with Crippen LogP contribution in [0.4, 0.5) is 5.69 Å². The van der Waals surface area contributed by atoms with Gasteiger partial charge >= 0.3 is 0 Å². The van der Waals surface area contributed by atoms with Gasteiger partial charge in [-0.25, -0.2) is 8.42 Å². The lowest BCUT2D eigenvalue weighted by Crippen LogP contribution is -2.41. The Morgan fingerprint density at radius 1 is 0.857 bits per heavy atom. The van der Waals surface area contributed by atoms with Crippen LogP contribution in [0.25, 0.3) is 0 Å². The van der Waals surface area contributed by atoms with Crippen LogP contribution < -0.4 is 10.6 Å². The standard InChI is InChI=1S/C27H29N3O4S/c1-20(21-10-4-2-5-11-21)28-27(32)24-14-8-9-15-25(24)29-26(31)22-16-18-30(19-17-22)35(33,34)23-12-6-3-7-13-23/h2-15,20,22H,16-19H2,1H3,(H,28,32)(H,29,31). The number of sulfonamides is 1. The molecule has 0 aliphatic carbocycles. The van der Waals surface area contributed by atoms with Crippen LogP contribution in [-0.4, -0.2) is 37.6 Å². The summed E-state index contributed by atoms with van der Waals surface area (Å²) in [5.74, 6) is -0.823. The molecule has 7 nitrogen and oxygen atoms in total. The molecule has 4 rings (SSSR count). The van der Waals surface area contributed by atoms with E-state index in [0.717, 1.165) is 5.56 Å². The number of nitrogens with zero attached hydrogens (tertiary/aromatic N) is 1. The van der Waals surface area contributed by atoms with Crippen LogP contribution in [0.2, 0.25) is 0 Å². The highest BCUT2D eigenvalue weighted by molar-refractivity contribution is 7.89. The second kappa shape index (κ2) is 10.8. The van der Waals surface area contributed by atoms with Crippen LogP contribution in [0.5, 0.6) is 0 Å². The van der Waals surface area contributed by atoms with Crippen LogP contribution in [0.3, 0.4) is 0 Å². The van der Waals surface area contributed by atoms with E-state index in [2.05, 4.69) is 10.6 Å². The van der Waals surface area contributed by atoms with Crippen molar-refractivity contribution in [1.82, 2.24) is 9.62 Å². The highest BCUT2D eigenvalue weighted by Gasteiger charge is 2.32. The molecule has 35 heavy (non-hydrogen) atoms. The largest absolute Gasteiger partial charge is 0.345 e. The van der Waals surface area contributed by atoms with Crippen molar-refractivity contribution < 1.29 is 18.0 Å². The average Bonchev–Trinajstić information content (AvgIpc) is 2.90. The van der Waals surface area contributed by atoms with Crippen LogP contribution in [0, 0.1) is 5.92 Å². The maximum absolute atomic E-state index is 13.0. The molecule has 0 spiro atoms. The summed E-state index contributed by atoms with van der Waals surface area (Å²) >= 11 is 0. The zero-order valence-corrected chi connectivity index (χ0v) is 20.4. The number of piperidine rings is 1. The van der Waals surface area contributed by atoms with Gasteiger partial charge in [-0.3, -0.25) is 9.59 Å². The lowest BCUT2D eigenvalue weighted by molar-refractivity contribution is -0.120. The lowest BCUT2D eigenvalue weighted by atomic mass is 9.97. The summed E-state index contributed by atoms with van der Waals surface area (Å²) in [7, 11) is -3.57. The first kappa shape index (κ1) is 24.6. The van der Waals surface area contributed by atoms with Crippen molar-refractivity contribution in [2.45, 2.75) is 30.7 Å². The Hall–Kier alpha value is -3.49. The minimum absolute atomic E-state index is 0.191. The molecule has 3 aromatic carbocycles. The van der Waals surface area contributed by atoms with Gasteiger partial charge in [-0.15, -0.1) is 0 Å². The molecule has 2 amide bonds. The fourth-order valence-corrected chi connectivity index (χ4v) is 5.71. The third-order valence-corrected chi connectivity index (χ3v) is 8.20. The summed E-state index contributed by atoms with van der Waals surface area (Å²) < 4.78 is 27.1. The molecular weight excluding hydrogens is 462 g/mol. The number of carbonyl (C=O) groups excluding carboxylic acids is 2. The molecule has 182 valence electrons.